The Morgan fingerprint density at radius 2 is 1.86 bits per heavy atom. The summed E-state index contributed by atoms with van der Waals surface area (Å²) in [5.41, 5.74) is 0.430. The fourth-order valence-corrected chi connectivity index (χ4v) is 5.29. The average Bonchev–Trinajstić information content (AvgIpc) is 3.17. The molecule has 10 heteroatoms. The molecule has 0 N–H and O–H groups in total. The maximum atomic E-state index is 12.6. The van der Waals surface area contributed by atoms with Crippen LogP contribution in [-0.2, 0) is 23.1 Å². The third-order valence-corrected chi connectivity index (χ3v) is 8.00. The summed E-state index contributed by atoms with van der Waals surface area (Å²) in [6, 6.07) is 5.30. The number of carbonyl (C=O) groups excluding carboxylic acids is 1. The molecule has 2 aliphatic heterocycles. The van der Waals surface area contributed by atoms with E-state index in [-0.39, 0.29) is 11.8 Å². The standard InChI is InChI=1S/C19H26N6O3S/c1-14(2)29(27,28)24-9-6-15(7-10-24)18-22-21-17-13-23(11-12-25(17)18)19(26)16-5-3-4-8-20-16/h3-5,8,14-15H,6-7,9-13H2,1-2H3. The Hall–Kier alpha value is -2.33. The normalized spacial score (nSPS) is 18.8. The Labute approximate surface area is 170 Å². The van der Waals surface area contributed by atoms with Gasteiger partial charge in [0.2, 0.25) is 10.0 Å². The van der Waals surface area contributed by atoms with Crippen LogP contribution in [0.5, 0.6) is 0 Å². The van der Waals surface area contributed by atoms with E-state index in [1.807, 2.05) is 0 Å². The van der Waals surface area contributed by atoms with Crippen LogP contribution in [0.1, 0.15) is 54.7 Å². The fraction of sp³-hybridized carbons (Fsp3) is 0.579. The lowest BCUT2D eigenvalue weighted by Crippen LogP contribution is -2.42. The number of piperidine rings is 1. The average molecular weight is 419 g/mol. The van der Waals surface area contributed by atoms with Gasteiger partial charge in [0, 0.05) is 38.3 Å². The molecule has 0 radical (unpaired) electrons. The first-order chi connectivity index (χ1) is 13.9. The van der Waals surface area contributed by atoms with Crippen LogP contribution in [0.15, 0.2) is 24.4 Å². The predicted molar refractivity (Wildman–Crippen MR) is 107 cm³/mol. The molecule has 0 unspecified atom stereocenters. The maximum absolute atomic E-state index is 12.6. The Balaban J connectivity index is 1.44. The maximum Gasteiger partial charge on any atom is 0.272 e. The van der Waals surface area contributed by atoms with E-state index in [0.29, 0.717) is 38.4 Å². The smallest absolute Gasteiger partial charge is 0.272 e. The van der Waals surface area contributed by atoms with E-state index in [1.165, 1.54) is 0 Å². The number of pyridine rings is 1. The highest BCUT2D eigenvalue weighted by atomic mass is 32.2. The number of hydrogen-bond donors (Lipinski definition) is 0. The van der Waals surface area contributed by atoms with Gasteiger partial charge in [-0.3, -0.25) is 9.78 Å². The van der Waals surface area contributed by atoms with Gasteiger partial charge in [0.15, 0.2) is 5.82 Å². The Morgan fingerprint density at radius 1 is 1.10 bits per heavy atom. The van der Waals surface area contributed by atoms with Crippen molar-refractivity contribution in [2.45, 2.75) is 50.9 Å². The molecule has 1 fully saturated rings. The van der Waals surface area contributed by atoms with E-state index >= 15 is 0 Å². The van der Waals surface area contributed by atoms with Crippen LogP contribution in [0.2, 0.25) is 0 Å². The highest BCUT2D eigenvalue weighted by Gasteiger charge is 2.34. The number of fused-ring (bicyclic) bond motifs is 1. The quantitative estimate of drug-likeness (QED) is 0.741. The summed E-state index contributed by atoms with van der Waals surface area (Å²) in [5, 5.41) is 8.32. The molecule has 4 heterocycles. The molecule has 29 heavy (non-hydrogen) atoms. The van der Waals surface area contributed by atoms with Crippen LogP contribution in [0.3, 0.4) is 0 Å². The van der Waals surface area contributed by atoms with Crippen molar-refractivity contribution < 1.29 is 13.2 Å². The summed E-state index contributed by atoms with van der Waals surface area (Å²) >= 11 is 0. The third-order valence-electron chi connectivity index (χ3n) is 5.73. The van der Waals surface area contributed by atoms with Gasteiger partial charge in [-0.25, -0.2) is 12.7 Å². The van der Waals surface area contributed by atoms with E-state index in [1.54, 1.807) is 47.4 Å². The predicted octanol–water partition coefficient (Wildman–Crippen LogP) is 1.25. The van der Waals surface area contributed by atoms with Crippen LogP contribution >= 0.6 is 0 Å². The molecule has 9 nitrogen and oxygen atoms in total. The van der Waals surface area contributed by atoms with Crippen LogP contribution in [0.25, 0.3) is 0 Å². The lowest BCUT2D eigenvalue weighted by Gasteiger charge is -2.33. The molecule has 0 aromatic carbocycles. The molecular formula is C19H26N6O3S. The van der Waals surface area contributed by atoms with Crippen LogP contribution < -0.4 is 0 Å². The van der Waals surface area contributed by atoms with Crippen molar-refractivity contribution >= 4 is 15.9 Å². The highest BCUT2D eigenvalue weighted by Crippen LogP contribution is 2.30. The van der Waals surface area contributed by atoms with Crippen molar-refractivity contribution in [2.75, 3.05) is 19.6 Å². The first-order valence-electron chi connectivity index (χ1n) is 9.99. The molecule has 2 aliphatic rings. The van der Waals surface area contributed by atoms with Gasteiger partial charge in [-0.05, 0) is 38.8 Å². The zero-order valence-corrected chi connectivity index (χ0v) is 17.5. The molecule has 0 atom stereocenters. The van der Waals surface area contributed by atoms with E-state index < -0.39 is 15.3 Å². The Morgan fingerprint density at radius 3 is 2.52 bits per heavy atom. The van der Waals surface area contributed by atoms with Gasteiger partial charge in [0.25, 0.3) is 5.91 Å². The molecule has 0 bridgehead atoms. The summed E-state index contributed by atoms with van der Waals surface area (Å²) in [6.07, 6.45) is 3.09. The summed E-state index contributed by atoms with van der Waals surface area (Å²) in [6.45, 7) is 6.08. The van der Waals surface area contributed by atoms with Crippen LogP contribution in [0.4, 0.5) is 0 Å². The lowest BCUT2D eigenvalue weighted by atomic mass is 9.97. The zero-order valence-electron chi connectivity index (χ0n) is 16.7. The minimum atomic E-state index is -3.21. The minimum Gasteiger partial charge on any atom is -0.328 e. The summed E-state index contributed by atoms with van der Waals surface area (Å²) in [5.74, 6) is 1.76. The number of sulfonamides is 1. The molecular weight excluding hydrogens is 392 g/mol. The second-order valence-corrected chi connectivity index (χ2v) is 10.3. The van der Waals surface area contributed by atoms with Crippen molar-refractivity contribution in [1.82, 2.24) is 29.0 Å². The second-order valence-electron chi connectivity index (χ2n) is 7.83. The number of hydrogen-bond acceptors (Lipinski definition) is 6. The van der Waals surface area contributed by atoms with Crippen LogP contribution in [0, 0.1) is 0 Å². The molecule has 156 valence electrons. The topological polar surface area (TPSA) is 101 Å². The van der Waals surface area contributed by atoms with Gasteiger partial charge in [-0.1, -0.05) is 6.07 Å². The van der Waals surface area contributed by atoms with Gasteiger partial charge in [-0.2, -0.15) is 0 Å². The number of rotatable bonds is 4. The van der Waals surface area contributed by atoms with Crippen molar-refractivity contribution in [1.29, 1.82) is 0 Å². The lowest BCUT2D eigenvalue weighted by molar-refractivity contribution is 0.0699. The van der Waals surface area contributed by atoms with E-state index in [4.69, 9.17) is 0 Å². The zero-order chi connectivity index (χ0) is 20.6. The monoisotopic (exact) mass is 418 g/mol. The number of carbonyl (C=O) groups is 1. The summed E-state index contributed by atoms with van der Waals surface area (Å²) in [7, 11) is -3.21. The van der Waals surface area contributed by atoms with E-state index in [0.717, 1.165) is 24.5 Å². The van der Waals surface area contributed by atoms with Crippen LogP contribution in [-0.4, -0.2) is 68.2 Å². The summed E-state index contributed by atoms with van der Waals surface area (Å²) in [4.78, 5) is 18.5. The van der Waals surface area contributed by atoms with Crippen molar-refractivity contribution in [3.05, 3.63) is 41.7 Å². The Bertz CT molecular complexity index is 981. The summed E-state index contributed by atoms with van der Waals surface area (Å²) < 4.78 is 28.4. The number of nitrogens with zero attached hydrogens (tertiary/aromatic N) is 6. The van der Waals surface area contributed by atoms with E-state index in [9.17, 15) is 13.2 Å². The Kier molecular flexibility index (Phi) is 5.39. The molecule has 0 spiro atoms. The SMILES string of the molecule is CC(C)S(=O)(=O)N1CCC(c2nnc3n2CCN(C(=O)c2ccccn2)C3)CC1. The second kappa shape index (κ2) is 7.83. The van der Waals surface area contributed by atoms with Gasteiger partial charge in [0.1, 0.15) is 11.5 Å². The van der Waals surface area contributed by atoms with Crippen molar-refractivity contribution in [3.63, 3.8) is 0 Å². The van der Waals surface area contributed by atoms with Crippen molar-refractivity contribution in [2.24, 2.45) is 0 Å². The minimum absolute atomic E-state index is 0.103. The van der Waals surface area contributed by atoms with Gasteiger partial charge in [-0.15, -0.1) is 10.2 Å². The molecule has 0 aliphatic carbocycles. The molecule has 1 saturated heterocycles. The molecule has 4 rings (SSSR count). The molecule has 1 amide bonds. The first kappa shape index (κ1) is 20.0. The first-order valence-corrected chi connectivity index (χ1v) is 11.5. The number of aromatic nitrogens is 4. The van der Waals surface area contributed by atoms with Gasteiger partial charge < -0.3 is 9.47 Å². The van der Waals surface area contributed by atoms with E-state index in [2.05, 4.69) is 19.7 Å². The highest BCUT2D eigenvalue weighted by molar-refractivity contribution is 7.89. The molecule has 2 aromatic rings. The molecule has 2 aromatic heterocycles. The molecule has 0 saturated carbocycles. The third kappa shape index (κ3) is 3.78. The largest absolute Gasteiger partial charge is 0.328 e. The number of amides is 1. The fourth-order valence-electron chi connectivity index (χ4n) is 3.97. The van der Waals surface area contributed by atoms with Crippen molar-refractivity contribution in [3.8, 4) is 0 Å². The van der Waals surface area contributed by atoms with Gasteiger partial charge in [0.05, 0.1) is 11.8 Å². The van der Waals surface area contributed by atoms with Gasteiger partial charge >= 0.3 is 0 Å².